The highest BCUT2D eigenvalue weighted by Crippen LogP contribution is 2.25. The van der Waals surface area contributed by atoms with Crippen LogP contribution in [0.2, 0.25) is 0 Å². The SMILES string of the molecule is CN=C(NCC(c1ccc(C)cc1)N1CCCC1)N1CCN(c2cnn(C)c2)C(=O)C1. The number of nitrogens with zero attached hydrogens (tertiary/aromatic N) is 6. The van der Waals surface area contributed by atoms with Crippen molar-refractivity contribution in [2.75, 3.05) is 51.2 Å². The first kappa shape index (κ1) is 21.4. The predicted octanol–water partition coefficient (Wildman–Crippen LogP) is 1.79. The molecule has 1 N–H and O–H groups in total. The number of hydrogen-bond acceptors (Lipinski definition) is 4. The van der Waals surface area contributed by atoms with Crippen molar-refractivity contribution in [3.05, 3.63) is 47.8 Å². The molecule has 1 atom stereocenters. The van der Waals surface area contributed by atoms with E-state index in [0.29, 0.717) is 19.1 Å². The van der Waals surface area contributed by atoms with Crippen molar-refractivity contribution >= 4 is 17.6 Å². The molecule has 2 aliphatic heterocycles. The Morgan fingerprint density at radius 2 is 1.90 bits per heavy atom. The Kier molecular flexibility index (Phi) is 6.56. The number of nitrogens with one attached hydrogen (secondary N) is 1. The highest BCUT2D eigenvalue weighted by Gasteiger charge is 2.29. The summed E-state index contributed by atoms with van der Waals surface area (Å²) < 4.78 is 1.72. The summed E-state index contributed by atoms with van der Waals surface area (Å²) >= 11 is 0. The first-order valence-corrected chi connectivity index (χ1v) is 11.1. The van der Waals surface area contributed by atoms with Crippen LogP contribution in [-0.2, 0) is 11.8 Å². The molecule has 1 unspecified atom stereocenters. The zero-order valence-corrected chi connectivity index (χ0v) is 18.8. The molecular formula is C23H33N7O. The van der Waals surface area contributed by atoms with Gasteiger partial charge in [-0.3, -0.25) is 19.4 Å². The number of amides is 1. The van der Waals surface area contributed by atoms with Gasteiger partial charge in [-0.1, -0.05) is 29.8 Å². The zero-order chi connectivity index (χ0) is 21.8. The number of guanidine groups is 1. The van der Waals surface area contributed by atoms with Gasteiger partial charge in [-0.25, -0.2) is 0 Å². The molecule has 1 aromatic heterocycles. The third-order valence-corrected chi connectivity index (χ3v) is 6.23. The molecule has 8 nitrogen and oxygen atoms in total. The van der Waals surface area contributed by atoms with Crippen molar-refractivity contribution in [2.24, 2.45) is 12.0 Å². The Labute approximate surface area is 184 Å². The van der Waals surface area contributed by atoms with E-state index in [9.17, 15) is 4.79 Å². The molecule has 2 saturated heterocycles. The number of hydrogen-bond donors (Lipinski definition) is 1. The number of rotatable bonds is 5. The van der Waals surface area contributed by atoms with Gasteiger partial charge in [0.2, 0.25) is 5.91 Å². The summed E-state index contributed by atoms with van der Waals surface area (Å²) in [5, 5.41) is 7.74. The number of likely N-dealkylation sites (tertiary alicyclic amines) is 1. The van der Waals surface area contributed by atoms with Gasteiger partial charge in [0.25, 0.3) is 0 Å². The number of aryl methyl sites for hydroxylation is 2. The molecule has 0 spiro atoms. The van der Waals surface area contributed by atoms with E-state index in [4.69, 9.17) is 0 Å². The van der Waals surface area contributed by atoms with E-state index < -0.39 is 0 Å². The number of aromatic nitrogens is 2. The topological polar surface area (TPSA) is 69.0 Å². The average molecular weight is 424 g/mol. The van der Waals surface area contributed by atoms with Crippen LogP contribution >= 0.6 is 0 Å². The third-order valence-electron chi connectivity index (χ3n) is 6.23. The summed E-state index contributed by atoms with van der Waals surface area (Å²) in [5.74, 6) is 0.854. The zero-order valence-electron chi connectivity index (χ0n) is 18.8. The molecule has 2 aliphatic rings. The lowest BCUT2D eigenvalue weighted by Crippen LogP contribution is -2.56. The maximum atomic E-state index is 12.8. The van der Waals surface area contributed by atoms with E-state index in [1.54, 1.807) is 22.8 Å². The van der Waals surface area contributed by atoms with Crippen LogP contribution in [0.15, 0.2) is 41.7 Å². The van der Waals surface area contributed by atoms with Gasteiger partial charge in [0, 0.05) is 39.9 Å². The van der Waals surface area contributed by atoms with E-state index in [1.807, 2.05) is 18.1 Å². The van der Waals surface area contributed by atoms with Gasteiger partial charge in [0.05, 0.1) is 17.9 Å². The average Bonchev–Trinajstić information content (AvgIpc) is 3.44. The predicted molar refractivity (Wildman–Crippen MR) is 123 cm³/mol. The fourth-order valence-electron chi connectivity index (χ4n) is 4.49. The van der Waals surface area contributed by atoms with Crippen LogP contribution in [0.25, 0.3) is 0 Å². The first-order chi connectivity index (χ1) is 15.0. The van der Waals surface area contributed by atoms with Gasteiger partial charge < -0.3 is 15.1 Å². The summed E-state index contributed by atoms with van der Waals surface area (Å²) in [6, 6.07) is 9.14. The highest BCUT2D eigenvalue weighted by atomic mass is 16.2. The summed E-state index contributed by atoms with van der Waals surface area (Å²) in [6.07, 6.45) is 6.12. The minimum atomic E-state index is 0.0665. The van der Waals surface area contributed by atoms with E-state index in [-0.39, 0.29) is 5.91 Å². The molecule has 0 bridgehead atoms. The summed E-state index contributed by atoms with van der Waals surface area (Å²) in [5.41, 5.74) is 3.45. The Morgan fingerprint density at radius 1 is 1.16 bits per heavy atom. The van der Waals surface area contributed by atoms with Gasteiger partial charge in [-0.15, -0.1) is 0 Å². The molecule has 1 aromatic carbocycles. The number of aliphatic imine (C=N–C) groups is 1. The van der Waals surface area contributed by atoms with Gasteiger partial charge in [-0.2, -0.15) is 5.10 Å². The second-order valence-electron chi connectivity index (χ2n) is 8.44. The minimum Gasteiger partial charge on any atom is -0.354 e. The Balaban J connectivity index is 1.41. The summed E-state index contributed by atoms with van der Waals surface area (Å²) in [4.78, 5) is 23.7. The lowest BCUT2D eigenvalue weighted by atomic mass is 10.0. The Bertz CT molecular complexity index is 914. The molecule has 31 heavy (non-hydrogen) atoms. The molecule has 1 amide bonds. The fraction of sp³-hybridized carbons (Fsp3) is 0.522. The maximum absolute atomic E-state index is 12.8. The van der Waals surface area contributed by atoms with Crippen LogP contribution < -0.4 is 10.2 Å². The Hall–Kier alpha value is -2.87. The van der Waals surface area contributed by atoms with Crippen molar-refractivity contribution in [2.45, 2.75) is 25.8 Å². The Morgan fingerprint density at radius 3 is 2.52 bits per heavy atom. The van der Waals surface area contributed by atoms with Crippen molar-refractivity contribution < 1.29 is 4.79 Å². The van der Waals surface area contributed by atoms with Gasteiger partial charge in [0.15, 0.2) is 5.96 Å². The van der Waals surface area contributed by atoms with Crippen LogP contribution in [0.4, 0.5) is 5.69 Å². The van der Waals surface area contributed by atoms with E-state index in [1.165, 1.54) is 24.0 Å². The summed E-state index contributed by atoms with van der Waals surface area (Å²) in [6.45, 7) is 6.82. The minimum absolute atomic E-state index is 0.0665. The quantitative estimate of drug-likeness (QED) is 0.587. The van der Waals surface area contributed by atoms with Crippen LogP contribution in [-0.4, -0.2) is 77.8 Å². The lowest BCUT2D eigenvalue weighted by molar-refractivity contribution is -0.120. The number of benzene rings is 1. The van der Waals surface area contributed by atoms with Crippen LogP contribution in [0.1, 0.15) is 30.0 Å². The molecule has 2 fully saturated rings. The molecule has 2 aromatic rings. The largest absolute Gasteiger partial charge is 0.354 e. The van der Waals surface area contributed by atoms with Crippen molar-refractivity contribution in [3.8, 4) is 0 Å². The number of carbonyl (C=O) groups excluding carboxylic acids is 1. The molecule has 0 saturated carbocycles. The second-order valence-corrected chi connectivity index (χ2v) is 8.44. The third kappa shape index (κ3) is 4.90. The first-order valence-electron chi connectivity index (χ1n) is 11.1. The number of carbonyl (C=O) groups is 1. The second kappa shape index (κ2) is 9.51. The monoisotopic (exact) mass is 423 g/mol. The normalized spacial score (nSPS) is 19.2. The van der Waals surface area contributed by atoms with Gasteiger partial charge >= 0.3 is 0 Å². The molecule has 166 valence electrons. The van der Waals surface area contributed by atoms with Crippen molar-refractivity contribution in [1.82, 2.24) is 24.9 Å². The molecule has 3 heterocycles. The highest BCUT2D eigenvalue weighted by molar-refractivity contribution is 5.98. The smallest absolute Gasteiger partial charge is 0.246 e. The van der Waals surface area contributed by atoms with Gasteiger partial charge in [-0.05, 0) is 38.4 Å². The summed E-state index contributed by atoms with van der Waals surface area (Å²) in [7, 11) is 3.65. The van der Waals surface area contributed by atoms with Crippen LogP contribution in [0.3, 0.4) is 0 Å². The molecule has 8 heteroatoms. The van der Waals surface area contributed by atoms with Gasteiger partial charge in [0.1, 0.15) is 6.54 Å². The van der Waals surface area contributed by atoms with Crippen molar-refractivity contribution in [3.63, 3.8) is 0 Å². The van der Waals surface area contributed by atoms with Crippen LogP contribution in [0.5, 0.6) is 0 Å². The molecular weight excluding hydrogens is 390 g/mol. The molecule has 0 aliphatic carbocycles. The number of piperazine rings is 1. The number of anilines is 1. The van der Waals surface area contributed by atoms with E-state index in [0.717, 1.165) is 37.8 Å². The lowest BCUT2D eigenvalue weighted by Gasteiger charge is -2.36. The molecule has 4 rings (SSSR count). The van der Waals surface area contributed by atoms with E-state index in [2.05, 4.69) is 51.5 Å². The fourth-order valence-corrected chi connectivity index (χ4v) is 4.49. The van der Waals surface area contributed by atoms with E-state index >= 15 is 0 Å². The molecule has 0 radical (unpaired) electrons. The maximum Gasteiger partial charge on any atom is 0.246 e. The van der Waals surface area contributed by atoms with Crippen LogP contribution in [0, 0.1) is 6.92 Å². The van der Waals surface area contributed by atoms with Crippen molar-refractivity contribution in [1.29, 1.82) is 0 Å². The standard InChI is InChI=1S/C23H33N7O/c1-18-6-8-19(9-7-18)21(28-10-4-5-11-28)15-25-23(24-2)29-12-13-30(22(31)17-29)20-14-26-27(3)16-20/h6-9,14,16,21H,4-5,10-13,15,17H2,1-3H3,(H,24,25).